The third-order valence-corrected chi connectivity index (χ3v) is 2.12. The van der Waals surface area contributed by atoms with Gasteiger partial charge < -0.3 is 4.90 Å². The van der Waals surface area contributed by atoms with E-state index in [0.29, 0.717) is 0 Å². The standard InChI is InChI=1S/C10H15N.2C2H6/c1-4-9-7-6-8-11(3)10(9)5-2;2*1-2/h4-5H,1-2,6-8H2,3H3;2*1-2H3. The largest absolute Gasteiger partial charge is 0.374 e. The minimum atomic E-state index is 1.14. The molecular formula is C14H27N. The second-order valence-corrected chi connectivity index (χ2v) is 2.84. The first kappa shape index (κ1) is 16.4. The van der Waals surface area contributed by atoms with Crippen molar-refractivity contribution in [2.45, 2.75) is 40.5 Å². The lowest BCUT2D eigenvalue weighted by Crippen LogP contribution is -2.23. The predicted molar refractivity (Wildman–Crippen MR) is 72.0 cm³/mol. The fourth-order valence-electron chi connectivity index (χ4n) is 1.49. The van der Waals surface area contributed by atoms with Crippen LogP contribution in [0.1, 0.15) is 40.5 Å². The molecule has 1 aliphatic heterocycles. The molecule has 0 fully saturated rings. The molecule has 0 unspecified atom stereocenters. The molecule has 0 spiro atoms. The van der Waals surface area contributed by atoms with E-state index in [4.69, 9.17) is 0 Å². The average Bonchev–Trinajstić information content (AvgIpc) is 2.33. The van der Waals surface area contributed by atoms with Gasteiger partial charge in [0.2, 0.25) is 0 Å². The van der Waals surface area contributed by atoms with Crippen molar-refractivity contribution in [2.24, 2.45) is 0 Å². The summed E-state index contributed by atoms with van der Waals surface area (Å²) in [6.45, 7) is 16.7. The quantitative estimate of drug-likeness (QED) is 0.652. The normalized spacial score (nSPS) is 14.3. The molecule has 1 aliphatic rings. The van der Waals surface area contributed by atoms with Crippen LogP contribution in [0.4, 0.5) is 0 Å². The Bertz CT molecular complexity index is 201. The molecule has 0 saturated heterocycles. The zero-order chi connectivity index (χ0) is 12.3. The minimum absolute atomic E-state index is 1.14. The van der Waals surface area contributed by atoms with E-state index in [1.807, 2.05) is 39.8 Å². The van der Waals surface area contributed by atoms with Gasteiger partial charge in [0, 0.05) is 19.3 Å². The number of hydrogen-bond donors (Lipinski definition) is 0. The summed E-state index contributed by atoms with van der Waals surface area (Å²) in [6.07, 6.45) is 6.23. The predicted octanol–water partition coefficient (Wildman–Crippen LogP) is 4.39. The van der Waals surface area contributed by atoms with E-state index < -0.39 is 0 Å². The maximum absolute atomic E-state index is 3.79. The van der Waals surface area contributed by atoms with E-state index in [2.05, 4.69) is 25.1 Å². The molecule has 0 aromatic carbocycles. The topological polar surface area (TPSA) is 3.24 Å². The van der Waals surface area contributed by atoms with Crippen LogP contribution in [0.15, 0.2) is 36.6 Å². The molecule has 1 heterocycles. The molecule has 0 N–H and O–H groups in total. The van der Waals surface area contributed by atoms with Gasteiger partial charge in [-0.1, -0.05) is 46.9 Å². The molecule has 1 nitrogen and oxygen atoms in total. The summed E-state index contributed by atoms with van der Waals surface area (Å²) in [4.78, 5) is 2.23. The number of allylic oxidation sites excluding steroid dienone is 3. The lowest BCUT2D eigenvalue weighted by Gasteiger charge is -2.27. The maximum Gasteiger partial charge on any atom is 0.0390 e. The van der Waals surface area contributed by atoms with Crippen LogP contribution in [0.5, 0.6) is 0 Å². The highest BCUT2D eigenvalue weighted by Crippen LogP contribution is 2.21. The van der Waals surface area contributed by atoms with Gasteiger partial charge in [0.15, 0.2) is 0 Å². The second-order valence-electron chi connectivity index (χ2n) is 2.84. The van der Waals surface area contributed by atoms with Crippen LogP contribution in [-0.4, -0.2) is 18.5 Å². The van der Waals surface area contributed by atoms with E-state index in [9.17, 15) is 0 Å². The molecule has 0 amide bonds. The Morgan fingerprint density at radius 2 is 1.60 bits per heavy atom. The SMILES string of the molecule is C=CC1=C(C=C)N(C)CCC1.CC.CC. The Balaban J connectivity index is 0. The van der Waals surface area contributed by atoms with Crippen LogP contribution in [0.2, 0.25) is 0 Å². The molecule has 1 heteroatoms. The Hall–Kier alpha value is -0.980. The molecule has 0 aromatic heterocycles. The van der Waals surface area contributed by atoms with Crippen molar-refractivity contribution in [2.75, 3.05) is 13.6 Å². The smallest absolute Gasteiger partial charge is 0.0390 e. The van der Waals surface area contributed by atoms with Crippen LogP contribution in [0.25, 0.3) is 0 Å². The molecule has 0 aliphatic carbocycles. The van der Waals surface area contributed by atoms with Gasteiger partial charge in [-0.25, -0.2) is 0 Å². The summed E-state index contributed by atoms with van der Waals surface area (Å²) in [5.41, 5.74) is 2.57. The van der Waals surface area contributed by atoms with Crippen LogP contribution < -0.4 is 0 Å². The van der Waals surface area contributed by atoms with Gasteiger partial charge in [-0.15, -0.1) is 0 Å². The highest BCUT2D eigenvalue weighted by Gasteiger charge is 2.11. The van der Waals surface area contributed by atoms with Gasteiger partial charge in [-0.2, -0.15) is 0 Å². The zero-order valence-corrected chi connectivity index (χ0v) is 11.1. The first-order chi connectivity index (χ1) is 7.29. The van der Waals surface area contributed by atoms with E-state index in [0.717, 1.165) is 13.0 Å². The van der Waals surface area contributed by atoms with Crippen molar-refractivity contribution < 1.29 is 0 Å². The number of nitrogens with zero attached hydrogens (tertiary/aromatic N) is 1. The van der Waals surface area contributed by atoms with E-state index in [-0.39, 0.29) is 0 Å². The Kier molecular flexibility index (Phi) is 12.2. The van der Waals surface area contributed by atoms with Crippen LogP contribution in [0.3, 0.4) is 0 Å². The molecule has 0 bridgehead atoms. The Labute approximate surface area is 96.2 Å². The lowest BCUT2D eigenvalue weighted by atomic mass is 10.0. The highest BCUT2D eigenvalue weighted by molar-refractivity contribution is 5.31. The van der Waals surface area contributed by atoms with Crippen molar-refractivity contribution in [3.05, 3.63) is 36.6 Å². The zero-order valence-electron chi connectivity index (χ0n) is 11.1. The Morgan fingerprint density at radius 3 is 1.93 bits per heavy atom. The first-order valence-electron chi connectivity index (χ1n) is 5.98. The van der Waals surface area contributed by atoms with Crippen LogP contribution in [0, 0.1) is 0 Å². The molecule has 0 radical (unpaired) electrons. The fourth-order valence-corrected chi connectivity index (χ4v) is 1.49. The average molecular weight is 209 g/mol. The molecule has 1 rings (SSSR count). The van der Waals surface area contributed by atoms with E-state index >= 15 is 0 Å². The van der Waals surface area contributed by atoms with Crippen LogP contribution >= 0.6 is 0 Å². The first-order valence-corrected chi connectivity index (χ1v) is 5.98. The maximum atomic E-state index is 3.79. The van der Waals surface area contributed by atoms with Gasteiger partial charge in [-0.05, 0) is 24.5 Å². The van der Waals surface area contributed by atoms with Crippen LogP contribution in [-0.2, 0) is 0 Å². The summed E-state index contributed by atoms with van der Waals surface area (Å²) >= 11 is 0. The third-order valence-electron chi connectivity index (χ3n) is 2.12. The minimum Gasteiger partial charge on any atom is -0.374 e. The summed E-state index contributed by atoms with van der Waals surface area (Å²) in [5.74, 6) is 0. The van der Waals surface area contributed by atoms with E-state index in [1.165, 1.54) is 17.7 Å². The molecule has 0 aromatic rings. The van der Waals surface area contributed by atoms with Gasteiger partial charge in [-0.3, -0.25) is 0 Å². The number of likely N-dealkylation sites (N-methyl/N-ethyl adjacent to an activating group) is 1. The molecule has 15 heavy (non-hydrogen) atoms. The van der Waals surface area contributed by atoms with Crippen molar-refractivity contribution in [3.8, 4) is 0 Å². The lowest BCUT2D eigenvalue weighted by molar-refractivity contribution is 0.394. The van der Waals surface area contributed by atoms with Gasteiger partial charge in [0.05, 0.1) is 0 Å². The van der Waals surface area contributed by atoms with Crippen molar-refractivity contribution in [1.82, 2.24) is 4.90 Å². The summed E-state index contributed by atoms with van der Waals surface area (Å²) in [5, 5.41) is 0. The fraction of sp³-hybridized carbons (Fsp3) is 0.571. The summed E-state index contributed by atoms with van der Waals surface area (Å²) < 4.78 is 0. The van der Waals surface area contributed by atoms with E-state index in [1.54, 1.807) is 0 Å². The van der Waals surface area contributed by atoms with Crippen molar-refractivity contribution >= 4 is 0 Å². The molecular weight excluding hydrogens is 182 g/mol. The van der Waals surface area contributed by atoms with Crippen molar-refractivity contribution in [3.63, 3.8) is 0 Å². The molecule has 88 valence electrons. The van der Waals surface area contributed by atoms with Gasteiger partial charge in [0.25, 0.3) is 0 Å². The Morgan fingerprint density at radius 1 is 1.07 bits per heavy atom. The summed E-state index contributed by atoms with van der Waals surface area (Å²) in [7, 11) is 2.10. The van der Waals surface area contributed by atoms with Gasteiger partial charge in [0.1, 0.15) is 0 Å². The van der Waals surface area contributed by atoms with Gasteiger partial charge >= 0.3 is 0 Å². The highest BCUT2D eigenvalue weighted by atomic mass is 15.1. The number of hydrogen-bond acceptors (Lipinski definition) is 1. The monoisotopic (exact) mass is 209 g/mol. The third kappa shape index (κ3) is 5.46. The molecule has 0 atom stereocenters. The second kappa shape index (κ2) is 11.1. The summed E-state index contributed by atoms with van der Waals surface area (Å²) in [6, 6.07) is 0. The van der Waals surface area contributed by atoms with Crippen molar-refractivity contribution in [1.29, 1.82) is 0 Å². The number of rotatable bonds is 2. The molecule has 0 saturated carbocycles.